The lowest BCUT2D eigenvalue weighted by Gasteiger charge is -2.38. The van der Waals surface area contributed by atoms with Gasteiger partial charge in [0.2, 0.25) is 10.0 Å². The fourth-order valence-electron chi connectivity index (χ4n) is 4.65. The zero-order valence-electron chi connectivity index (χ0n) is 21.0. The topological polar surface area (TPSA) is 125 Å². The van der Waals surface area contributed by atoms with Gasteiger partial charge < -0.3 is 15.5 Å². The summed E-state index contributed by atoms with van der Waals surface area (Å²) in [6, 6.07) is 3.50. The maximum absolute atomic E-state index is 13.5. The molecule has 2 fully saturated rings. The molecule has 5 rings (SSSR count). The summed E-state index contributed by atoms with van der Waals surface area (Å²) < 4.78 is 56.5. The minimum atomic E-state index is -3.88. The van der Waals surface area contributed by atoms with Crippen molar-refractivity contribution in [1.82, 2.24) is 35.5 Å². The average Bonchev–Trinajstić information content (AvgIpc) is 3.32. The van der Waals surface area contributed by atoms with Crippen molar-refractivity contribution in [2.45, 2.75) is 69.1 Å². The summed E-state index contributed by atoms with van der Waals surface area (Å²) in [6.07, 6.45) is -1.24. The van der Waals surface area contributed by atoms with Crippen LogP contribution >= 0.6 is 11.3 Å². The average molecular weight is 553 g/mol. The molecule has 2 aliphatic rings. The van der Waals surface area contributed by atoms with Gasteiger partial charge in [0.05, 0.1) is 22.6 Å². The first kappa shape index (κ1) is 26.2. The van der Waals surface area contributed by atoms with Crippen LogP contribution in [0, 0.1) is 0 Å². The predicted molar refractivity (Wildman–Crippen MR) is 138 cm³/mol. The smallest absolute Gasteiger partial charge is 0.291 e. The Hall–Kier alpha value is -2.39. The number of sulfonamides is 1. The fourth-order valence-corrected chi connectivity index (χ4v) is 6.86. The maximum atomic E-state index is 13.5. The summed E-state index contributed by atoms with van der Waals surface area (Å²) in [5, 5.41) is 14.3. The van der Waals surface area contributed by atoms with Gasteiger partial charge in [-0.1, -0.05) is 11.3 Å². The van der Waals surface area contributed by atoms with Gasteiger partial charge in [0.1, 0.15) is 11.5 Å². The lowest BCUT2D eigenvalue weighted by atomic mass is 10.1. The van der Waals surface area contributed by atoms with Crippen LogP contribution in [0.5, 0.6) is 0 Å². The Bertz CT molecular complexity index is 1420. The van der Waals surface area contributed by atoms with E-state index in [1.807, 2.05) is 6.92 Å². The third-order valence-corrected chi connectivity index (χ3v) is 9.11. The Morgan fingerprint density at radius 2 is 1.89 bits per heavy atom. The lowest BCUT2D eigenvalue weighted by Crippen LogP contribution is -2.54. The van der Waals surface area contributed by atoms with Gasteiger partial charge in [-0.15, -0.1) is 10.2 Å². The molecular formula is C23H30F2N8O2S2. The highest BCUT2D eigenvalue weighted by atomic mass is 32.2. The van der Waals surface area contributed by atoms with Crippen LogP contribution in [0.1, 0.15) is 50.9 Å². The molecule has 1 aliphatic carbocycles. The van der Waals surface area contributed by atoms with Crippen molar-refractivity contribution in [3.8, 4) is 10.7 Å². The first-order valence-electron chi connectivity index (χ1n) is 12.1. The highest BCUT2D eigenvalue weighted by molar-refractivity contribution is 7.89. The summed E-state index contributed by atoms with van der Waals surface area (Å²) in [5.41, 5.74) is 1.01. The second-order valence-corrected chi connectivity index (χ2v) is 12.8. The summed E-state index contributed by atoms with van der Waals surface area (Å²) in [5.74, 6) is 0.440. The van der Waals surface area contributed by atoms with Crippen LogP contribution in [-0.2, 0) is 16.6 Å². The van der Waals surface area contributed by atoms with E-state index in [-0.39, 0.29) is 27.7 Å². The Morgan fingerprint density at radius 1 is 1.19 bits per heavy atom. The number of anilines is 1. The summed E-state index contributed by atoms with van der Waals surface area (Å²) in [7, 11) is -2.12. The van der Waals surface area contributed by atoms with E-state index in [9.17, 15) is 17.2 Å². The Balaban J connectivity index is 1.76. The zero-order valence-corrected chi connectivity index (χ0v) is 22.7. The van der Waals surface area contributed by atoms with E-state index >= 15 is 0 Å². The van der Waals surface area contributed by atoms with Crippen molar-refractivity contribution in [2.75, 3.05) is 25.0 Å². The van der Waals surface area contributed by atoms with Gasteiger partial charge in [0, 0.05) is 36.1 Å². The van der Waals surface area contributed by atoms with Crippen LogP contribution in [0.15, 0.2) is 17.0 Å². The fraction of sp³-hybridized carbons (Fsp3) is 0.565. The number of benzene rings is 1. The third-order valence-electron chi connectivity index (χ3n) is 6.55. The highest BCUT2D eigenvalue weighted by Gasteiger charge is 2.41. The largest absolute Gasteiger partial charge is 0.367 e. The van der Waals surface area contributed by atoms with E-state index in [1.54, 1.807) is 13.1 Å². The molecule has 14 heteroatoms. The second kappa shape index (κ2) is 9.73. The van der Waals surface area contributed by atoms with E-state index in [0.29, 0.717) is 42.0 Å². The first-order chi connectivity index (χ1) is 17.5. The number of hydrogen-bond donors (Lipinski definition) is 3. The maximum Gasteiger partial charge on any atom is 0.291 e. The van der Waals surface area contributed by atoms with Crippen molar-refractivity contribution in [3.05, 3.63) is 23.0 Å². The number of rotatable bonds is 8. The van der Waals surface area contributed by atoms with Gasteiger partial charge in [0.25, 0.3) is 6.43 Å². The van der Waals surface area contributed by atoms with Crippen molar-refractivity contribution in [2.24, 2.45) is 0 Å². The number of fused-ring (bicyclic) bond motifs is 1. The molecule has 3 N–H and O–H groups in total. The number of hydrogen-bond acceptors (Lipinski definition) is 10. The molecule has 1 aromatic carbocycles. The van der Waals surface area contributed by atoms with E-state index in [1.165, 1.54) is 6.07 Å². The molecule has 3 aromatic rings. The number of alkyl halides is 2. The predicted octanol–water partition coefficient (Wildman–Crippen LogP) is 2.82. The minimum absolute atomic E-state index is 0.0757. The number of nitrogens with one attached hydrogen (secondary N) is 3. The first-order valence-corrected chi connectivity index (χ1v) is 14.4. The standard InChI is InChI=1S/C23H30F2N8O2S2/c1-12-10-33(11-13(2)27-12)16-8-14(37(34,35)32-23(3)5-6-23)7-15-18(16)28-17(9-26-4)29-19(15)21-30-31-22(36-21)20(24)25/h7-8,12-13,20,26-27,32H,5-6,9-11H2,1-4H3/t12-,13-/m0/s1. The van der Waals surface area contributed by atoms with E-state index in [4.69, 9.17) is 4.98 Å². The van der Waals surface area contributed by atoms with Gasteiger partial charge in [-0.2, -0.15) is 0 Å². The molecule has 10 nitrogen and oxygen atoms in total. The SMILES string of the molecule is CNCc1nc(-c2nnc(C(F)F)s2)c2cc(S(=O)(=O)NC3(C)CC3)cc(N3C[C@H](C)N[C@@H](C)C3)c2n1. The van der Waals surface area contributed by atoms with E-state index in [2.05, 4.69) is 49.3 Å². The molecule has 1 saturated carbocycles. The highest BCUT2D eigenvalue weighted by Crippen LogP contribution is 2.40. The Labute approximate surface area is 218 Å². The van der Waals surface area contributed by atoms with Crippen LogP contribution in [0.2, 0.25) is 0 Å². The molecule has 3 heterocycles. The third kappa shape index (κ3) is 5.43. The number of aromatic nitrogens is 4. The molecule has 0 amide bonds. The molecule has 1 saturated heterocycles. The molecule has 0 radical (unpaired) electrons. The van der Waals surface area contributed by atoms with Gasteiger partial charge in [-0.3, -0.25) is 0 Å². The van der Waals surface area contributed by atoms with Crippen LogP contribution in [0.25, 0.3) is 21.6 Å². The van der Waals surface area contributed by atoms with Crippen LogP contribution in [0.4, 0.5) is 14.5 Å². The Kier molecular flexibility index (Phi) is 6.90. The van der Waals surface area contributed by atoms with Crippen molar-refractivity contribution in [1.29, 1.82) is 0 Å². The van der Waals surface area contributed by atoms with Crippen molar-refractivity contribution in [3.63, 3.8) is 0 Å². The molecule has 2 aromatic heterocycles. The van der Waals surface area contributed by atoms with Crippen LogP contribution in [0.3, 0.4) is 0 Å². The molecular weight excluding hydrogens is 522 g/mol. The van der Waals surface area contributed by atoms with Gasteiger partial charge in [-0.05, 0) is 52.8 Å². The van der Waals surface area contributed by atoms with E-state index in [0.717, 1.165) is 24.2 Å². The van der Waals surface area contributed by atoms with Gasteiger partial charge in [0.15, 0.2) is 10.0 Å². The lowest BCUT2D eigenvalue weighted by molar-refractivity contribution is 0.150. The summed E-state index contributed by atoms with van der Waals surface area (Å²) in [4.78, 5) is 11.6. The molecule has 0 unspecified atom stereocenters. The number of nitrogens with zero attached hydrogens (tertiary/aromatic N) is 5. The monoisotopic (exact) mass is 552 g/mol. The Morgan fingerprint density at radius 3 is 2.49 bits per heavy atom. The molecule has 200 valence electrons. The molecule has 37 heavy (non-hydrogen) atoms. The van der Waals surface area contributed by atoms with Crippen LogP contribution < -0.4 is 20.3 Å². The van der Waals surface area contributed by atoms with E-state index < -0.39 is 27.0 Å². The van der Waals surface area contributed by atoms with Gasteiger partial charge in [-0.25, -0.2) is 31.9 Å². The van der Waals surface area contributed by atoms with Crippen molar-refractivity contribution < 1.29 is 17.2 Å². The minimum Gasteiger partial charge on any atom is -0.367 e. The second-order valence-electron chi connectivity index (χ2n) is 10.1. The quantitative estimate of drug-likeness (QED) is 0.387. The van der Waals surface area contributed by atoms with Gasteiger partial charge >= 0.3 is 0 Å². The number of halogens is 2. The molecule has 0 spiro atoms. The molecule has 1 aliphatic heterocycles. The zero-order chi connectivity index (χ0) is 26.5. The summed E-state index contributed by atoms with van der Waals surface area (Å²) in [6.45, 7) is 7.63. The van der Waals surface area contributed by atoms with Crippen LogP contribution in [-0.4, -0.2) is 66.3 Å². The number of piperazine rings is 1. The molecule has 2 atom stereocenters. The summed E-state index contributed by atoms with van der Waals surface area (Å²) >= 11 is 0.740. The van der Waals surface area contributed by atoms with Crippen molar-refractivity contribution >= 4 is 38.0 Å². The normalized spacial score (nSPS) is 21.6. The molecule has 0 bridgehead atoms.